The summed E-state index contributed by atoms with van der Waals surface area (Å²) in [5.74, 6) is 0. The molecule has 0 N–H and O–H groups in total. The monoisotopic (exact) mass is 221 g/mol. The molecule has 3 rings (SSSR count). The van der Waals surface area contributed by atoms with E-state index in [2.05, 4.69) is 10.1 Å². The van der Waals surface area contributed by atoms with E-state index in [0.29, 0.717) is 0 Å². The Bertz CT molecular complexity index is 546. The summed E-state index contributed by atoms with van der Waals surface area (Å²) in [4.78, 5) is 4.01. The molecule has 0 aliphatic carbocycles. The highest BCUT2D eigenvalue weighted by atomic mass is 15.3. The zero-order valence-corrected chi connectivity index (χ0v) is 9.19. The molecule has 0 saturated carbocycles. The van der Waals surface area contributed by atoms with Crippen LogP contribution >= 0.6 is 0 Å². The van der Waals surface area contributed by atoms with Crippen LogP contribution in [0.5, 0.6) is 0 Å². The van der Waals surface area contributed by atoms with Crippen LogP contribution in [0.25, 0.3) is 16.8 Å². The summed E-state index contributed by atoms with van der Waals surface area (Å²) in [6.07, 6.45) is 7.46. The molecule has 3 heteroatoms. The topological polar surface area (TPSA) is 30.7 Å². The van der Waals surface area contributed by atoms with Crippen molar-refractivity contribution in [3.8, 4) is 16.8 Å². The molecule has 1 aromatic carbocycles. The highest BCUT2D eigenvalue weighted by Crippen LogP contribution is 2.18. The maximum Gasteiger partial charge on any atom is 0.0645 e. The van der Waals surface area contributed by atoms with Crippen LogP contribution in [-0.4, -0.2) is 14.8 Å². The average molecular weight is 221 g/mol. The summed E-state index contributed by atoms with van der Waals surface area (Å²) >= 11 is 0. The third-order valence-electron chi connectivity index (χ3n) is 2.62. The minimum absolute atomic E-state index is 1.06. The molecule has 3 aromatic rings. The van der Waals surface area contributed by atoms with Crippen LogP contribution < -0.4 is 0 Å². The van der Waals surface area contributed by atoms with E-state index in [0.717, 1.165) is 16.8 Å². The lowest BCUT2D eigenvalue weighted by Gasteiger charge is -1.99. The Hall–Kier alpha value is -2.42. The Labute approximate surface area is 99.4 Å². The van der Waals surface area contributed by atoms with Crippen molar-refractivity contribution >= 4 is 0 Å². The number of rotatable bonds is 2. The van der Waals surface area contributed by atoms with Crippen molar-refractivity contribution in [3.63, 3.8) is 0 Å². The first kappa shape index (κ1) is 9.78. The van der Waals surface area contributed by atoms with Crippen molar-refractivity contribution in [2.24, 2.45) is 0 Å². The van der Waals surface area contributed by atoms with Crippen LogP contribution in [0.3, 0.4) is 0 Å². The minimum atomic E-state index is 1.06. The lowest BCUT2D eigenvalue weighted by molar-refractivity contribution is 0.881. The molecule has 3 nitrogen and oxygen atoms in total. The molecule has 0 aliphatic heterocycles. The summed E-state index contributed by atoms with van der Waals surface area (Å²) in [7, 11) is 0. The number of benzene rings is 1. The largest absolute Gasteiger partial charge is 0.265 e. The van der Waals surface area contributed by atoms with Crippen LogP contribution in [0.15, 0.2) is 67.3 Å². The van der Waals surface area contributed by atoms with Gasteiger partial charge in [0.2, 0.25) is 0 Å². The van der Waals surface area contributed by atoms with Gasteiger partial charge in [-0.1, -0.05) is 18.2 Å². The van der Waals surface area contributed by atoms with Crippen molar-refractivity contribution in [1.29, 1.82) is 0 Å². The molecule has 17 heavy (non-hydrogen) atoms. The summed E-state index contributed by atoms with van der Waals surface area (Å²) < 4.78 is 1.87. The maximum absolute atomic E-state index is 4.36. The fraction of sp³-hybridized carbons (Fsp3) is 0. The first-order valence-electron chi connectivity index (χ1n) is 5.44. The molecule has 0 bridgehead atoms. The molecule has 0 unspecified atom stereocenters. The van der Waals surface area contributed by atoms with Crippen LogP contribution in [0.1, 0.15) is 0 Å². The fourth-order valence-corrected chi connectivity index (χ4v) is 1.74. The number of nitrogens with zero attached hydrogens (tertiary/aromatic N) is 3. The zero-order valence-electron chi connectivity index (χ0n) is 9.19. The molecular formula is C14H11N3. The second-order valence-corrected chi connectivity index (χ2v) is 3.75. The molecule has 0 amide bonds. The standard InChI is InChI=1S/C14H11N3/c1-2-4-14(5-3-1)17-11-13(10-16-17)12-6-8-15-9-7-12/h1-11H. The molecule has 0 spiro atoms. The first-order valence-corrected chi connectivity index (χ1v) is 5.44. The van der Waals surface area contributed by atoms with Gasteiger partial charge in [0.25, 0.3) is 0 Å². The first-order chi connectivity index (χ1) is 8.43. The second-order valence-electron chi connectivity index (χ2n) is 3.75. The third kappa shape index (κ3) is 1.95. The van der Waals surface area contributed by atoms with Crippen LogP contribution in [0.4, 0.5) is 0 Å². The quantitative estimate of drug-likeness (QED) is 0.666. The van der Waals surface area contributed by atoms with Gasteiger partial charge in [0.1, 0.15) is 0 Å². The van der Waals surface area contributed by atoms with Gasteiger partial charge in [0.15, 0.2) is 0 Å². The van der Waals surface area contributed by atoms with Gasteiger partial charge >= 0.3 is 0 Å². The van der Waals surface area contributed by atoms with E-state index in [1.807, 2.05) is 59.5 Å². The second kappa shape index (κ2) is 4.22. The van der Waals surface area contributed by atoms with Gasteiger partial charge in [0, 0.05) is 24.2 Å². The maximum atomic E-state index is 4.36. The summed E-state index contributed by atoms with van der Waals surface area (Å²) in [6.45, 7) is 0. The summed E-state index contributed by atoms with van der Waals surface area (Å²) in [5, 5.41) is 4.36. The van der Waals surface area contributed by atoms with Gasteiger partial charge in [-0.25, -0.2) is 4.68 Å². The van der Waals surface area contributed by atoms with Crippen molar-refractivity contribution in [2.45, 2.75) is 0 Å². The third-order valence-corrected chi connectivity index (χ3v) is 2.62. The zero-order chi connectivity index (χ0) is 11.5. The van der Waals surface area contributed by atoms with E-state index in [9.17, 15) is 0 Å². The van der Waals surface area contributed by atoms with Crippen LogP contribution in [-0.2, 0) is 0 Å². The number of pyridine rings is 1. The molecule has 2 aromatic heterocycles. The Morgan fingerprint density at radius 3 is 2.35 bits per heavy atom. The van der Waals surface area contributed by atoms with E-state index in [1.54, 1.807) is 12.4 Å². The molecule has 0 saturated heterocycles. The number of aromatic nitrogens is 3. The van der Waals surface area contributed by atoms with Crippen molar-refractivity contribution in [3.05, 3.63) is 67.3 Å². The molecular weight excluding hydrogens is 210 g/mol. The Morgan fingerprint density at radius 1 is 0.824 bits per heavy atom. The van der Waals surface area contributed by atoms with Gasteiger partial charge in [-0.2, -0.15) is 5.10 Å². The Balaban J connectivity index is 1.99. The van der Waals surface area contributed by atoms with Gasteiger partial charge in [-0.05, 0) is 29.8 Å². The van der Waals surface area contributed by atoms with E-state index in [4.69, 9.17) is 0 Å². The highest BCUT2D eigenvalue weighted by Gasteiger charge is 2.02. The van der Waals surface area contributed by atoms with Crippen LogP contribution in [0.2, 0.25) is 0 Å². The molecule has 0 radical (unpaired) electrons. The highest BCUT2D eigenvalue weighted by molar-refractivity contribution is 5.61. The Morgan fingerprint density at radius 2 is 1.59 bits per heavy atom. The van der Waals surface area contributed by atoms with Crippen molar-refractivity contribution in [2.75, 3.05) is 0 Å². The van der Waals surface area contributed by atoms with E-state index in [-0.39, 0.29) is 0 Å². The minimum Gasteiger partial charge on any atom is -0.265 e. The van der Waals surface area contributed by atoms with Gasteiger partial charge in [-0.15, -0.1) is 0 Å². The normalized spacial score (nSPS) is 10.4. The lowest BCUT2D eigenvalue weighted by Crippen LogP contribution is -1.92. The smallest absolute Gasteiger partial charge is 0.0645 e. The lowest BCUT2D eigenvalue weighted by atomic mass is 10.1. The number of para-hydroxylation sites is 1. The van der Waals surface area contributed by atoms with E-state index < -0.39 is 0 Å². The number of hydrogen-bond acceptors (Lipinski definition) is 2. The Kier molecular flexibility index (Phi) is 2.43. The van der Waals surface area contributed by atoms with E-state index >= 15 is 0 Å². The van der Waals surface area contributed by atoms with Gasteiger partial charge < -0.3 is 0 Å². The fourth-order valence-electron chi connectivity index (χ4n) is 1.74. The summed E-state index contributed by atoms with van der Waals surface area (Å²) in [6, 6.07) is 14.0. The van der Waals surface area contributed by atoms with Crippen LogP contribution in [0, 0.1) is 0 Å². The molecule has 0 aliphatic rings. The van der Waals surface area contributed by atoms with Gasteiger partial charge in [-0.3, -0.25) is 4.98 Å². The van der Waals surface area contributed by atoms with E-state index in [1.165, 1.54) is 0 Å². The molecule has 0 fully saturated rings. The predicted octanol–water partition coefficient (Wildman–Crippen LogP) is 2.93. The summed E-state index contributed by atoms with van der Waals surface area (Å²) in [5.41, 5.74) is 3.28. The molecule has 2 heterocycles. The van der Waals surface area contributed by atoms with Crippen molar-refractivity contribution < 1.29 is 0 Å². The SMILES string of the molecule is c1ccc(-n2cc(-c3ccncc3)cn2)cc1. The molecule has 82 valence electrons. The van der Waals surface area contributed by atoms with Crippen molar-refractivity contribution in [1.82, 2.24) is 14.8 Å². The molecule has 0 atom stereocenters. The average Bonchev–Trinajstić information content (AvgIpc) is 2.90. The predicted molar refractivity (Wildman–Crippen MR) is 66.8 cm³/mol. The van der Waals surface area contributed by atoms with Gasteiger partial charge in [0.05, 0.1) is 11.9 Å². The number of hydrogen-bond donors (Lipinski definition) is 0.